The van der Waals surface area contributed by atoms with Gasteiger partial charge in [0.2, 0.25) is 5.88 Å². The number of hydrogen-bond donors (Lipinski definition) is 1. The molecule has 0 spiro atoms. The monoisotopic (exact) mass is 316 g/mol. The predicted molar refractivity (Wildman–Crippen MR) is 80.1 cm³/mol. The van der Waals surface area contributed by atoms with Crippen LogP contribution < -0.4 is 10.1 Å². The maximum Gasteiger partial charge on any atom is 0.264 e. The molecule has 0 aliphatic rings. The standard InChI is InChI=1S/C13H12N6O2S/c1-9-16-10(19-5-2-3-15-19)7-12(17-9)21-8-11(20)18-13-14-4-6-22-13/h2-7H,8H2,1H3,(H,14,18,20). The second kappa shape index (κ2) is 6.31. The van der Waals surface area contributed by atoms with Gasteiger partial charge in [0.1, 0.15) is 5.82 Å². The van der Waals surface area contributed by atoms with Crippen molar-refractivity contribution in [3.63, 3.8) is 0 Å². The Kier molecular flexibility index (Phi) is 4.05. The van der Waals surface area contributed by atoms with Crippen molar-refractivity contribution in [2.24, 2.45) is 0 Å². The Morgan fingerprint density at radius 3 is 3.05 bits per heavy atom. The molecule has 0 bridgehead atoms. The van der Waals surface area contributed by atoms with E-state index in [0.29, 0.717) is 22.7 Å². The SMILES string of the molecule is Cc1nc(OCC(=O)Nc2nccs2)cc(-n2cccn2)n1. The van der Waals surface area contributed by atoms with Crippen LogP contribution in [-0.2, 0) is 4.79 Å². The van der Waals surface area contributed by atoms with E-state index in [9.17, 15) is 4.79 Å². The number of aryl methyl sites for hydroxylation is 1. The number of thiazole rings is 1. The fourth-order valence-corrected chi connectivity index (χ4v) is 2.25. The van der Waals surface area contributed by atoms with Gasteiger partial charge in [-0.25, -0.2) is 14.6 Å². The average Bonchev–Trinajstić information content (AvgIpc) is 3.18. The van der Waals surface area contributed by atoms with E-state index in [2.05, 4.69) is 25.4 Å². The molecule has 0 unspecified atom stereocenters. The molecule has 1 amide bonds. The first kappa shape index (κ1) is 14.1. The molecule has 0 atom stereocenters. The molecule has 9 heteroatoms. The topological polar surface area (TPSA) is 94.8 Å². The van der Waals surface area contributed by atoms with Crippen molar-refractivity contribution >= 4 is 22.4 Å². The lowest BCUT2D eigenvalue weighted by molar-refractivity contribution is -0.118. The Balaban J connectivity index is 1.66. The van der Waals surface area contributed by atoms with Gasteiger partial charge in [-0.1, -0.05) is 0 Å². The summed E-state index contributed by atoms with van der Waals surface area (Å²) in [7, 11) is 0. The Morgan fingerprint density at radius 2 is 2.32 bits per heavy atom. The van der Waals surface area contributed by atoms with Crippen molar-refractivity contribution in [3.8, 4) is 11.7 Å². The van der Waals surface area contributed by atoms with Crippen molar-refractivity contribution in [1.82, 2.24) is 24.7 Å². The van der Waals surface area contributed by atoms with Gasteiger partial charge in [0, 0.05) is 30.0 Å². The van der Waals surface area contributed by atoms with Crippen LogP contribution in [0.5, 0.6) is 5.88 Å². The molecular formula is C13H12N6O2S. The third kappa shape index (κ3) is 3.44. The Hall–Kier alpha value is -2.81. The highest BCUT2D eigenvalue weighted by atomic mass is 32.1. The summed E-state index contributed by atoms with van der Waals surface area (Å²) in [5.74, 6) is 1.12. The zero-order valence-electron chi connectivity index (χ0n) is 11.6. The van der Waals surface area contributed by atoms with E-state index < -0.39 is 0 Å². The number of aromatic nitrogens is 5. The lowest BCUT2D eigenvalue weighted by atomic mass is 10.5. The Bertz CT molecular complexity index is 757. The number of anilines is 1. The van der Waals surface area contributed by atoms with Crippen LogP contribution in [0.3, 0.4) is 0 Å². The number of hydrogen-bond acceptors (Lipinski definition) is 7. The lowest BCUT2D eigenvalue weighted by Gasteiger charge is -2.07. The van der Waals surface area contributed by atoms with E-state index in [0.717, 1.165) is 0 Å². The summed E-state index contributed by atoms with van der Waals surface area (Å²) in [5.41, 5.74) is 0. The molecule has 0 aliphatic carbocycles. The highest BCUT2D eigenvalue weighted by Gasteiger charge is 2.09. The normalized spacial score (nSPS) is 10.4. The maximum atomic E-state index is 11.8. The van der Waals surface area contributed by atoms with E-state index in [1.807, 2.05) is 0 Å². The van der Waals surface area contributed by atoms with Gasteiger partial charge in [0.25, 0.3) is 5.91 Å². The van der Waals surface area contributed by atoms with Gasteiger partial charge >= 0.3 is 0 Å². The van der Waals surface area contributed by atoms with Gasteiger partial charge in [-0.15, -0.1) is 11.3 Å². The number of rotatable bonds is 5. The summed E-state index contributed by atoms with van der Waals surface area (Å²) in [4.78, 5) is 24.1. The number of amides is 1. The molecule has 0 saturated carbocycles. The van der Waals surface area contributed by atoms with Crippen LogP contribution in [0.25, 0.3) is 5.82 Å². The summed E-state index contributed by atoms with van der Waals surface area (Å²) < 4.78 is 7.00. The van der Waals surface area contributed by atoms with Crippen LogP contribution in [0, 0.1) is 6.92 Å². The van der Waals surface area contributed by atoms with Gasteiger partial charge in [0.15, 0.2) is 17.6 Å². The summed E-state index contributed by atoms with van der Waals surface area (Å²) in [6.45, 7) is 1.59. The average molecular weight is 316 g/mol. The molecule has 3 aromatic heterocycles. The number of ether oxygens (including phenoxy) is 1. The molecule has 22 heavy (non-hydrogen) atoms. The first-order chi connectivity index (χ1) is 10.7. The van der Waals surface area contributed by atoms with Gasteiger partial charge in [-0.2, -0.15) is 10.1 Å². The first-order valence-corrected chi connectivity index (χ1v) is 7.26. The second-order valence-corrected chi connectivity index (χ2v) is 5.13. The minimum absolute atomic E-state index is 0.158. The van der Waals surface area contributed by atoms with Crippen LogP contribution in [-0.4, -0.2) is 37.2 Å². The zero-order valence-corrected chi connectivity index (χ0v) is 12.4. The molecule has 3 heterocycles. The minimum atomic E-state index is -0.299. The summed E-state index contributed by atoms with van der Waals surface area (Å²) in [6.07, 6.45) is 5.03. The number of nitrogens with one attached hydrogen (secondary N) is 1. The molecule has 3 rings (SSSR count). The van der Waals surface area contributed by atoms with E-state index in [-0.39, 0.29) is 12.5 Å². The van der Waals surface area contributed by atoms with E-state index in [1.54, 1.807) is 47.7 Å². The van der Waals surface area contributed by atoms with E-state index >= 15 is 0 Å². The van der Waals surface area contributed by atoms with Crippen LogP contribution >= 0.6 is 11.3 Å². The van der Waals surface area contributed by atoms with Crippen LogP contribution in [0.4, 0.5) is 5.13 Å². The van der Waals surface area contributed by atoms with Crippen LogP contribution in [0.1, 0.15) is 5.82 Å². The molecule has 0 saturated heterocycles. The zero-order chi connectivity index (χ0) is 15.4. The number of carbonyl (C=O) groups is 1. The maximum absolute atomic E-state index is 11.8. The lowest BCUT2D eigenvalue weighted by Crippen LogP contribution is -2.20. The van der Waals surface area contributed by atoms with Gasteiger partial charge < -0.3 is 4.74 Å². The molecule has 0 radical (unpaired) electrons. The van der Waals surface area contributed by atoms with E-state index in [1.165, 1.54) is 11.3 Å². The fourth-order valence-electron chi connectivity index (χ4n) is 1.70. The third-order valence-electron chi connectivity index (χ3n) is 2.57. The van der Waals surface area contributed by atoms with Gasteiger partial charge in [-0.05, 0) is 13.0 Å². The summed E-state index contributed by atoms with van der Waals surface area (Å²) in [5, 5.41) is 9.04. The summed E-state index contributed by atoms with van der Waals surface area (Å²) in [6, 6.07) is 3.41. The van der Waals surface area contributed by atoms with Crippen molar-refractivity contribution in [3.05, 3.63) is 41.9 Å². The number of carbonyl (C=O) groups excluding carboxylic acids is 1. The highest BCUT2D eigenvalue weighted by molar-refractivity contribution is 7.13. The number of nitrogens with zero attached hydrogens (tertiary/aromatic N) is 5. The highest BCUT2D eigenvalue weighted by Crippen LogP contribution is 2.13. The molecular weight excluding hydrogens is 304 g/mol. The van der Waals surface area contributed by atoms with Gasteiger partial charge in [-0.3, -0.25) is 10.1 Å². The minimum Gasteiger partial charge on any atom is -0.467 e. The van der Waals surface area contributed by atoms with Crippen molar-refractivity contribution in [1.29, 1.82) is 0 Å². The molecule has 0 aromatic carbocycles. The summed E-state index contributed by atoms with van der Waals surface area (Å²) >= 11 is 1.34. The molecule has 0 fully saturated rings. The molecule has 0 aliphatic heterocycles. The predicted octanol–water partition coefficient (Wildman–Crippen LogP) is 1.44. The quantitative estimate of drug-likeness (QED) is 0.765. The molecule has 8 nitrogen and oxygen atoms in total. The van der Waals surface area contributed by atoms with Crippen molar-refractivity contribution < 1.29 is 9.53 Å². The molecule has 1 N–H and O–H groups in total. The van der Waals surface area contributed by atoms with Crippen LogP contribution in [0.15, 0.2) is 36.1 Å². The smallest absolute Gasteiger partial charge is 0.264 e. The first-order valence-electron chi connectivity index (χ1n) is 6.38. The molecule has 112 valence electrons. The Labute approximate surface area is 129 Å². The third-order valence-corrected chi connectivity index (χ3v) is 3.26. The van der Waals surface area contributed by atoms with E-state index in [4.69, 9.17) is 4.74 Å². The van der Waals surface area contributed by atoms with Gasteiger partial charge in [0.05, 0.1) is 0 Å². The van der Waals surface area contributed by atoms with Crippen LogP contribution in [0.2, 0.25) is 0 Å². The van der Waals surface area contributed by atoms with Crippen molar-refractivity contribution in [2.45, 2.75) is 6.92 Å². The fraction of sp³-hybridized carbons (Fsp3) is 0.154. The Morgan fingerprint density at radius 1 is 1.41 bits per heavy atom. The molecule has 3 aromatic rings. The largest absolute Gasteiger partial charge is 0.467 e. The second-order valence-electron chi connectivity index (χ2n) is 4.24. The van der Waals surface area contributed by atoms with Crippen molar-refractivity contribution in [2.75, 3.05) is 11.9 Å².